The average Bonchev–Trinajstić information content (AvgIpc) is 3.39. The lowest BCUT2D eigenvalue weighted by molar-refractivity contribution is -0.150. The van der Waals surface area contributed by atoms with Crippen LogP contribution in [-0.4, -0.2) is 71.6 Å². The van der Waals surface area contributed by atoms with Gasteiger partial charge in [0.2, 0.25) is 0 Å². The lowest BCUT2D eigenvalue weighted by atomic mass is 10.0. The normalized spacial score (nSPS) is 20.5. The molecular formula is C18H18N6O5S4. The van der Waals surface area contributed by atoms with E-state index in [1.165, 1.54) is 33.8 Å². The monoisotopic (exact) mass is 526 g/mol. The Balaban J connectivity index is 1.43. The van der Waals surface area contributed by atoms with Crippen molar-refractivity contribution in [3.05, 3.63) is 37.8 Å². The maximum atomic E-state index is 12.8. The van der Waals surface area contributed by atoms with E-state index >= 15 is 0 Å². The summed E-state index contributed by atoms with van der Waals surface area (Å²) in [5, 5.41) is 28.5. The number of amides is 2. The highest BCUT2D eigenvalue weighted by Crippen LogP contribution is 2.43. The summed E-state index contributed by atoms with van der Waals surface area (Å²) in [5.74, 6) is -1.50. The first-order chi connectivity index (χ1) is 15.8. The zero-order valence-corrected chi connectivity index (χ0v) is 20.3. The Morgan fingerprint density at radius 1 is 1.36 bits per heavy atom. The standard InChI is InChI=1S/C18H18N6O5S4/c1-7-4-31-10(20-7)2-3-30-9-6-32-16-12(15(26)24(16)13(9)17(27)28)22-14(25)11(23-29)8-5-33-18(19)21-8/h4-5,12,16,29H,2-3,6H2,1H3,(H2,19,21)(H,22,25)(H,27,28)/b23-11-/t12-,16-/m1/s1. The summed E-state index contributed by atoms with van der Waals surface area (Å²) in [7, 11) is 0. The van der Waals surface area contributed by atoms with Crippen molar-refractivity contribution in [3.63, 3.8) is 0 Å². The van der Waals surface area contributed by atoms with E-state index in [-0.39, 0.29) is 22.2 Å². The number of aryl methyl sites for hydroxylation is 2. The molecule has 4 rings (SSSR count). The van der Waals surface area contributed by atoms with E-state index in [4.69, 9.17) is 5.73 Å². The Morgan fingerprint density at radius 3 is 2.76 bits per heavy atom. The molecule has 2 aromatic heterocycles. The van der Waals surface area contributed by atoms with Crippen molar-refractivity contribution < 1.29 is 24.7 Å². The van der Waals surface area contributed by atoms with Crippen LogP contribution in [0.3, 0.4) is 0 Å². The molecule has 174 valence electrons. The van der Waals surface area contributed by atoms with E-state index in [9.17, 15) is 24.7 Å². The van der Waals surface area contributed by atoms with E-state index in [0.29, 0.717) is 22.8 Å². The summed E-state index contributed by atoms with van der Waals surface area (Å²) in [6, 6.07) is -0.950. The zero-order valence-electron chi connectivity index (χ0n) is 17.0. The molecule has 1 fully saturated rings. The predicted octanol–water partition coefficient (Wildman–Crippen LogP) is 1.34. The molecule has 33 heavy (non-hydrogen) atoms. The fraction of sp³-hybridized carbons (Fsp3) is 0.333. The second-order valence-electron chi connectivity index (χ2n) is 6.94. The van der Waals surface area contributed by atoms with Crippen molar-refractivity contribution in [3.8, 4) is 0 Å². The molecule has 0 bridgehead atoms. The molecule has 0 radical (unpaired) electrons. The number of carboxylic acids is 1. The number of nitrogen functional groups attached to an aromatic ring is 1. The second-order valence-corrected chi connectivity index (χ2v) is 11.1. The summed E-state index contributed by atoms with van der Waals surface area (Å²) in [4.78, 5) is 47.4. The predicted molar refractivity (Wildman–Crippen MR) is 128 cm³/mol. The van der Waals surface area contributed by atoms with Gasteiger partial charge in [0.1, 0.15) is 22.8 Å². The van der Waals surface area contributed by atoms with Gasteiger partial charge in [0.05, 0.1) is 5.01 Å². The Bertz CT molecular complexity index is 1170. The topological polar surface area (TPSA) is 171 Å². The van der Waals surface area contributed by atoms with E-state index < -0.39 is 29.2 Å². The first kappa shape index (κ1) is 23.5. The molecule has 0 unspecified atom stereocenters. The number of carbonyl (C=O) groups is 3. The summed E-state index contributed by atoms with van der Waals surface area (Å²) >= 11 is 5.39. The summed E-state index contributed by atoms with van der Waals surface area (Å²) in [5.41, 5.74) is 6.15. The van der Waals surface area contributed by atoms with Crippen molar-refractivity contribution >= 4 is 74.8 Å². The fourth-order valence-corrected chi connectivity index (χ4v) is 7.35. The number of nitrogens with one attached hydrogen (secondary N) is 1. The number of hydrogen-bond acceptors (Lipinski definition) is 12. The molecule has 4 heterocycles. The first-order valence-corrected chi connectivity index (χ1v) is 13.3. The van der Waals surface area contributed by atoms with Gasteiger partial charge >= 0.3 is 5.97 Å². The number of carboxylic acid groups (broad SMARTS) is 1. The number of aliphatic carboxylic acids is 1. The fourth-order valence-electron chi connectivity index (χ4n) is 3.30. The second kappa shape index (κ2) is 9.70. The number of nitrogens with two attached hydrogens (primary N) is 1. The molecule has 2 aromatic rings. The van der Waals surface area contributed by atoms with Gasteiger partial charge < -0.3 is 21.4 Å². The Hall–Kier alpha value is -2.62. The molecule has 0 aromatic carbocycles. The quantitative estimate of drug-likeness (QED) is 0.170. The summed E-state index contributed by atoms with van der Waals surface area (Å²) in [6.07, 6.45) is 0.699. The molecule has 5 N–H and O–H groups in total. The highest BCUT2D eigenvalue weighted by molar-refractivity contribution is 8.06. The highest BCUT2D eigenvalue weighted by atomic mass is 32.2. The van der Waals surface area contributed by atoms with E-state index in [0.717, 1.165) is 22.0 Å². The Morgan fingerprint density at radius 2 is 2.15 bits per heavy atom. The molecule has 2 atom stereocenters. The number of β-lactam (4-membered cyclic amide) rings is 1. The van der Waals surface area contributed by atoms with E-state index in [2.05, 4.69) is 20.4 Å². The molecule has 2 aliphatic rings. The van der Waals surface area contributed by atoms with Gasteiger partial charge in [-0.05, 0) is 6.92 Å². The largest absolute Gasteiger partial charge is 0.477 e. The third kappa shape index (κ3) is 4.71. The van der Waals surface area contributed by atoms with Crippen LogP contribution in [0.5, 0.6) is 0 Å². The molecule has 0 saturated carbocycles. The lowest BCUT2D eigenvalue weighted by Crippen LogP contribution is -2.71. The number of nitrogens with zero attached hydrogens (tertiary/aromatic N) is 4. The third-order valence-electron chi connectivity index (χ3n) is 4.76. The Kier molecular flexibility index (Phi) is 6.92. The minimum atomic E-state index is -1.19. The lowest BCUT2D eigenvalue weighted by Gasteiger charge is -2.49. The van der Waals surface area contributed by atoms with Crippen LogP contribution in [0.4, 0.5) is 5.13 Å². The molecule has 15 heteroatoms. The molecule has 2 amide bonds. The maximum absolute atomic E-state index is 12.8. The van der Waals surface area contributed by atoms with Gasteiger partial charge in [-0.1, -0.05) is 5.16 Å². The number of fused-ring (bicyclic) bond motifs is 1. The number of thiazole rings is 2. The van der Waals surface area contributed by atoms with Crippen LogP contribution in [0.1, 0.15) is 16.4 Å². The molecular weight excluding hydrogens is 509 g/mol. The van der Waals surface area contributed by atoms with Gasteiger partial charge in [-0.2, -0.15) is 0 Å². The number of thioether (sulfide) groups is 2. The SMILES string of the molecule is Cc1csc(CCSC2=C(C(=O)O)N3C(=O)[C@@H](NC(=O)/C(=N\O)c4csc(N)n4)[C@H]3SC2)n1. The summed E-state index contributed by atoms with van der Waals surface area (Å²) < 4.78 is 0. The van der Waals surface area contributed by atoms with Gasteiger partial charge in [-0.3, -0.25) is 14.5 Å². The number of rotatable bonds is 8. The van der Waals surface area contributed by atoms with Crippen LogP contribution in [-0.2, 0) is 20.8 Å². The van der Waals surface area contributed by atoms with Gasteiger partial charge in [-0.25, -0.2) is 14.8 Å². The van der Waals surface area contributed by atoms with Crippen LogP contribution in [0.15, 0.2) is 26.5 Å². The average molecular weight is 527 g/mol. The van der Waals surface area contributed by atoms with E-state index in [1.807, 2.05) is 12.3 Å². The van der Waals surface area contributed by atoms with Gasteiger partial charge in [0, 0.05) is 39.3 Å². The number of aromatic nitrogens is 2. The van der Waals surface area contributed by atoms with E-state index in [1.54, 1.807) is 11.3 Å². The van der Waals surface area contributed by atoms with Crippen molar-refractivity contribution in [1.82, 2.24) is 20.2 Å². The van der Waals surface area contributed by atoms with Gasteiger partial charge in [0.15, 0.2) is 10.8 Å². The summed E-state index contributed by atoms with van der Waals surface area (Å²) in [6.45, 7) is 1.92. The Labute approximate surface area is 204 Å². The van der Waals surface area contributed by atoms with Gasteiger partial charge in [-0.15, -0.1) is 46.2 Å². The molecule has 0 spiro atoms. The van der Waals surface area contributed by atoms with Crippen LogP contribution in [0.25, 0.3) is 0 Å². The number of hydrogen-bond donors (Lipinski definition) is 4. The maximum Gasteiger partial charge on any atom is 0.353 e. The van der Waals surface area contributed by atoms with Gasteiger partial charge in [0.25, 0.3) is 11.8 Å². The highest BCUT2D eigenvalue weighted by Gasteiger charge is 2.54. The number of oxime groups is 1. The smallest absolute Gasteiger partial charge is 0.353 e. The third-order valence-corrected chi connectivity index (χ3v) is 9.02. The van der Waals surface area contributed by atoms with Crippen molar-refractivity contribution in [1.29, 1.82) is 0 Å². The molecule has 1 saturated heterocycles. The number of anilines is 1. The van der Waals surface area contributed by atoms with Crippen molar-refractivity contribution in [2.24, 2.45) is 5.16 Å². The van der Waals surface area contributed by atoms with Crippen molar-refractivity contribution in [2.45, 2.75) is 24.8 Å². The minimum absolute atomic E-state index is 0.0575. The van der Waals surface area contributed by atoms with Crippen LogP contribution in [0.2, 0.25) is 0 Å². The zero-order chi connectivity index (χ0) is 23.7. The molecule has 2 aliphatic heterocycles. The van der Waals surface area contributed by atoms with Crippen LogP contribution in [0, 0.1) is 6.92 Å². The molecule has 11 nitrogen and oxygen atoms in total. The number of carbonyl (C=O) groups excluding carboxylic acids is 2. The molecule has 0 aliphatic carbocycles. The van der Waals surface area contributed by atoms with Crippen LogP contribution >= 0.6 is 46.2 Å². The van der Waals surface area contributed by atoms with Crippen molar-refractivity contribution in [2.75, 3.05) is 17.2 Å². The van der Waals surface area contributed by atoms with Crippen LogP contribution < -0.4 is 11.1 Å². The minimum Gasteiger partial charge on any atom is -0.477 e. The first-order valence-electron chi connectivity index (χ1n) is 9.49.